The van der Waals surface area contributed by atoms with Crippen LogP contribution in [0.15, 0.2) is 102 Å². The van der Waals surface area contributed by atoms with E-state index in [-0.39, 0.29) is 0 Å². The van der Waals surface area contributed by atoms with Crippen LogP contribution in [-0.2, 0) is 0 Å². The summed E-state index contributed by atoms with van der Waals surface area (Å²) in [6.07, 6.45) is 1.74. The maximum Gasteiger partial charge on any atom is 0.227 e. The SMILES string of the molecule is [2H]C(C)(C)c1cc(-c2ccc([Si](C)(C)C)cc2)cc(C([2H])(C)C)c1-n1c(-c2cccc3c2oc2ncccc23)nc2ccccc21. The molecule has 0 radical (unpaired) electrons. The van der Waals surface area contributed by atoms with Gasteiger partial charge in [-0.2, -0.15) is 0 Å². The topological polar surface area (TPSA) is 43.9 Å². The third-order valence-corrected chi connectivity index (χ3v) is 10.6. The third kappa shape index (κ3) is 4.67. The summed E-state index contributed by atoms with van der Waals surface area (Å²) in [6, 6.07) is 31.3. The van der Waals surface area contributed by atoms with Crippen LogP contribution in [-0.4, -0.2) is 22.6 Å². The number of para-hydroxylation sites is 3. The lowest BCUT2D eigenvalue weighted by molar-refractivity contribution is 0.654. The summed E-state index contributed by atoms with van der Waals surface area (Å²) in [6.45, 7) is 14.8. The van der Waals surface area contributed by atoms with Crippen LogP contribution in [0.2, 0.25) is 19.6 Å². The van der Waals surface area contributed by atoms with E-state index < -0.39 is 19.9 Å². The van der Waals surface area contributed by atoms with E-state index in [1.54, 1.807) is 6.20 Å². The molecule has 0 fully saturated rings. The minimum atomic E-state index is -1.46. The van der Waals surface area contributed by atoms with Crippen molar-refractivity contribution >= 4 is 46.4 Å². The molecular formula is C39H39N3OSi. The van der Waals surface area contributed by atoms with Gasteiger partial charge < -0.3 is 4.42 Å². The molecule has 0 spiro atoms. The second-order valence-corrected chi connectivity index (χ2v) is 18.2. The van der Waals surface area contributed by atoms with E-state index in [2.05, 4.69) is 77.7 Å². The number of fused-ring (bicyclic) bond motifs is 4. The van der Waals surface area contributed by atoms with Crippen molar-refractivity contribution in [1.29, 1.82) is 0 Å². The molecule has 0 aliphatic heterocycles. The summed E-state index contributed by atoms with van der Waals surface area (Å²) in [7, 11) is -1.46. The molecule has 44 heavy (non-hydrogen) atoms. The Balaban J connectivity index is 1.57. The van der Waals surface area contributed by atoms with Crippen LogP contribution in [0, 0.1) is 0 Å². The van der Waals surface area contributed by atoms with E-state index in [0.29, 0.717) is 17.1 Å². The standard InChI is InChI=1S/C39H39N3OSi/c1-24(2)32-22-27(26-17-19-28(20-18-26)44(5,6)7)23-33(25(3)4)36(32)42-35-16-9-8-15-34(35)41-38(42)31-13-10-12-29-30-14-11-21-40-39(30)43-37(29)31/h8-25H,1-7H3/i24D,25D. The number of aromatic nitrogens is 3. The average molecular weight is 596 g/mol. The fourth-order valence-electron chi connectivity index (χ4n) is 6.21. The molecule has 0 saturated carbocycles. The number of imidazole rings is 1. The molecule has 0 amide bonds. The van der Waals surface area contributed by atoms with Crippen molar-refractivity contribution in [2.45, 2.75) is 59.1 Å². The Morgan fingerprint density at radius 2 is 1.43 bits per heavy atom. The maximum atomic E-state index is 9.46. The minimum absolute atomic E-state index is 0.582. The van der Waals surface area contributed by atoms with Gasteiger partial charge in [0.25, 0.3) is 0 Å². The van der Waals surface area contributed by atoms with Crippen LogP contribution in [0.25, 0.3) is 61.3 Å². The Hall–Kier alpha value is -4.48. The highest BCUT2D eigenvalue weighted by molar-refractivity contribution is 6.88. The van der Waals surface area contributed by atoms with Gasteiger partial charge in [0.2, 0.25) is 5.71 Å². The fourth-order valence-corrected chi connectivity index (χ4v) is 7.38. The van der Waals surface area contributed by atoms with E-state index in [0.717, 1.165) is 55.3 Å². The highest BCUT2D eigenvalue weighted by Crippen LogP contribution is 2.42. The normalized spacial score (nSPS) is 13.5. The number of furan rings is 1. The summed E-state index contributed by atoms with van der Waals surface area (Å²) in [5.74, 6) is -1.27. The molecule has 0 N–H and O–H groups in total. The zero-order chi connectivity index (χ0) is 32.6. The first-order valence-corrected chi connectivity index (χ1v) is 18.8. The van der Waals surface area contributed by atoms with Crippen LogP contribution in [0.5, 0.6) is 0 Å². The van der Waals surface area contributed by atoms with Crippen molar-refractivity contribution in [3.05, 3.63) is 108 Å². The number of hydrogen-bond donors (Lipinski definition) is 0. The van der Waals surface area contributed by atoms with Crippen molar-refractivity contribution in [2.75, 3.05) is 0 Å². The van der Waals surface area contributed by atoms with Gasteiger partial charge in [0.15, 0.2) is 0 Å². The first kappa shape index (κ1) is 26.0. The molecule has 5 heteroatoms. The van der Waals surface area contributed by atoms with Gasteiger partial charge >= 0.3 is 0 Å². The molecule has 3 aromatic heterocycles. The van der Waals surface area contributed by atoms with Gasteiger partial charge in [0.05, 0.1) is 30.4 Å². The highest BCUT2D eigenvalue weighted by Gasteiger charge is 2.25. The lowest BCUT2D eigenvalue weighted by atomic mass is 9.88. The van der Waals surface area contributed by atoms with Crippen LogP contribution in [0.3, 0.4) is 0 Å². The van der Waals surface area contributed by atoms with Crippen molar-refractivity contribution in [1.82, 2.24) is 14.5 Å². The van der Waals surface area contributed by atoms with E-state index >= 15 is 0 Å². The second kappa shape index (κ2) is 10.6. The average Bonchev–Trinajstić information content (AvgIpc) is 3.58. The van der Waals surface area contributed by atoms with Gasteiger partial charge in [-0.3, -0.25) is 4.57 Å². The quantitative estimate of drug-likeness (QED) is 0.180. The van der Waals surface area contributed by atoms with E-state index in [4.69, 9.17) is 9.40 Å². The Bertz CT molecular complexity index is 2230. The highest BCUT2D eigenvalue weighted by atomic mass is 28.3. The van der Waals surface area contributed by atoms with Gasteiger partial charge in [-0.1, -0.05) is 101 Å². The smallest absolute Gasteiger partial charge is 0.227 e. The van der Waals surface area contributed by atoms with E-state index in [1.165, 1.54) is 5.19 Å². The predicted molar refractivity (Wildman–Crippen MR) is 188 cm³/mol. The number of hydrogen-bond acceptors (Lipinski definition) is 3. The Labute approximate surface area is 263 Å². The molecular weight excluding hydrogens is 555 g/mol. The Morgan fingerprint density at radius 3 is 2.11 bits per heavy atom. The molecule has 4 aromatic carbocycles. The number of rotatable bonds is 6. The van der Waals surface area contributed by atoms with Crippen LogP contribution < -0.4 is 5.19 Å². The molecule has 220 valence electrons. The van der Waals surface area contributed by atoms with Gasteiger partial charge in [-0.05, 0) is 76.5 Å². The van der Waals surface area contributed by atoms with Gasteiger partial charge in [-0.15, -0.1) is 0 Å². The monoisotopic (exact) mass is 595 g/mol. The number of pyridine rings is 1. The van der Waals surface area contributed by atoms with Crippen molar-refractivity contribution in [3.63, 3.8) is 0 Å². The van der Waals surface area contributed by atoms with Crippen molar-refractivity contribution < 1.29 is 7.16 Å². The molecule has 4 nitrogen and oxygen atoms in total. The first-order chi connectivity index (χ1) is 21.7. The van der Waals surface area contributed by atoms with Crippen molar-refractivity contribution in [2.24, 2.45) is 0 Å². The van der Waals surface area contributed by atoms with Crippen molar-refractivity contribution in [3.8, 4) is 28.2 Å². The van der Waals surface area contributed by atoms with Crippen LogP contribution >= 0.6 is 0 Å². The number of benzene rings is 4. The second-order valence-electron chi connectivity index (χ2n) is 13.1. The first-order valence-electron chi connectivity index (χ1n) is 16.3. The predicted octanol–water partition coefficient (Wildman–Crippen LogP) is 10.4. The molecule has 7 rings (SSSR count). The van der Waals surface area contributed by atoms with E-state index in [9.17, 15) is 2.74 Å². The minimum Gasteiger partial charge on any atom is -0.437 e. The molecule has 3 heterocycles. The zero-order valence-corrected chi connectivity index (χ0v) is 27.5. The Kier molecular flexibility index (Phi) is 6.25. The molecule has 0 atom stereocenters. The lowest BCUT2D eigenvalue weighted by Gasteiger charge is -2.24. The summed E-state index contributed by atoms with van der Waals surface area (Å²) < 4.78 is 27.5. The summed E-state index contributed by atoms with van der Waals surface area (Å²) in [4.78, 5) is 9.69. The molecule has 0 bridgehead atoms. The molecule has 0 saturated heterocycles. The zero-order valence-electron chi connectivity index (χ0n) is 28.5. The number of nitrogens with zero attached hydrogens (tertiary/aromatic N) is 3. The van der Waals surface area contributed by atoms with Gasteiger partial charge in [0, 0.05) is 19.7 Å². The lowest BCUT2D eigenvalue weighted by Crippen LogP contribution is -2.37. The summed E-state index contributed by atoms with van der Waals surface area (Å²) in [5, 5.41) is 3.32. The van der Waals surface area contributed by atoms with E-state index in [1.807, 2.05) is 70.2 Å². The summed E-state index contributed by atoms with van der Waals surface area (Å²) in [5.41, 5.74) is 8.44. The molecule has 7 aromatic rings. The molecule has 0 aliphatic rings. The molecule has 0 unspecified atom stereocenters. The maximum absolute atomic E-state index is 9.46. The van der Waals surface area contributed by atoms with Gasteiger partial charge in [0.1, 0.15) is 11.4 Å². The fraction of sp³-hybridized carbons (Fsp3) is 0.231. The van der Waals surface area contributed by atoms with Crippen LogP contribution in [0.1, 0.15) is 53.4 Å². The largest absolute Gasteiger partial charge is 0.437 e. The molecule has 0 aliphatic carbocycles. The van der Waals surface area contributed by atoms with Crippen LogP contribution in [0.4, 0.5) is 0 Å². The third-order valence-electron chi connectivity index (χ3n) is 8.57. The Morgan fingerprint density at radius 1 is 0.750 bits per heavy atom. The summed E-state index contributed by atoms with van der Waals surface area (Å²) >= 11 is 0. The van der Waals surface area contributed by atoms with Gasteiger partial charge in [-0.25, -0.2) is 9.97 Å².